The molecular formula is C15H22N2O. The SMILES string of the molecule is CCCNC1CCN(c2ccc(CC)cc2)C1=O. The molecule has 0 spiro atoms. The van der Waals surface area contributed by atoms with E-state index in [0.717, 1.165) is 38.0 Å². The number of amides is 1. The first kappa shape index (κ1) is 13.1. The molecule has 1 unspecified atom stereocenters. The van der Waals surface area contributed by atoms with Crippen LogP contribution >= 0.6 is 0 Å². The molecule has 1 heterocycles. The van der Waals surface area contributed by atoms with Crippen LogP contribution < -0.4 is 10.2 Å². The molecule has 18 heavy (non-hydrogen) atoms. The minimum atomic E-state index is 0.0100. The highest BCUT2D eigenvalue weighted by molar-refractivity contribution is 5.99. The zero-order chi connectivity index (χ0) is 13.0. The predicted octanol–water partition coefficient (Wildman–Crippen LogP) is 2.35. The maximum Gasteiger partial charge on any atom is 0.244 e. The summed E-state index contributed by atoms with van der Waals surface area (Å²) >= 11 is 0. The maximum atomic E-state index is 12.2. The molecule has 1 amide bonds. The summed E-state index contributed by atoms with van der Waals surface area (Å²) in [5.41, 5.74) is 2.34. The van der Waals surface area contributed by atoms with Gasteiger partial charge in [-0.05, 0) is 43.5 Å². The molecule has 1 aliphatic rings. The topological polar surface area (TPSA) is 32.3 Å². The van der Waals surface area contributed by atoms with Crippen molar-refractivity contribution in [3.05, 3.63) is 29.8 Å². The normalized spacial score (nSPS) is 19.6. The van der Waals surface area contributed by atoms with E-state index < -0.39 is 0 Å². The molecule has 3 nitrogen and oxygen atoms in total. The maximum absolute atomic E-state index is 12.2. The fourth-order valence-electron chi connectivity index (χ4n) is 2.36. The average molecular weight is 246 g/mol. The van der Waals surface area contributed by atoms with Gasteiger partial charge >= 0.3 is 0 Å². The molecule has 1 fully saturated rings. The molecule has 2 rings (SSSR count). The summed E-state index contributed by atoms with van der Waals surface area (Å²) in [6.45, 7) is 6.00. The Morgan fingerprint density at radius 2 is 2.00 bits per heavy atom. The molecule has 3 heteroatoms. The Kier molecular flexibility index (Phi) is 4.37. The highest BCUT2D eigenvalue weighted by atomic mass is 16.2. The number of benzene rings is 1. The Hall–Kier alpha value is -1.35. The van der Waals surface area contributed by atoms with Crippen molar-refractivity contribution in [3.8, 4) is 0 Å². The van der Waals surface area contributed by atoms with Crippen molar-refractivity contribution in [1.82, 2.24) is 5.32 Å². The summed E-state index contributed by atoms with van der Waals surface area (Å²) in [6.07, 6.45) is 3.01. The second-order valence-corrected chi connectivity index (χ2v) is 4.81. The van der Waals surface area contributed by atoms with Crippen LogP contribution in [0.1, 0.15) is 32.3 Å². The van der Waals surface area contributed by atoms with Crippen LogP contribution in [0.3, 0.4) is 0 Å². The number of aryl methyl sites for hydroxylation is 1. The minimum Gasteiger partial charge on any atom is -0.311 e. The third kappa shape index (κ3) is 2.72. The molecule has 0 aromatic heterocycles. The van der Waals surface area contributed by atoms with E-state index in [4.69, 9.17) is 0 Å². The molecule has 1 aliphatic heterocycles. The molecule has 1 aromatic rings. The summed E-state index contributed by atoms with van der Waals surface area (Å²) in [4.78, 5) is 14.1. The van der Waals surface area contributed by atoms with Gasteiger partial charge in [-0.2, -0.15) is 0 Å². The van der Waals surface area contributed by atoms with Gasteiger partial charge in [-0.15, -0.1) is 0 Å². The van der Waals surface area contributed by atoms with Crippen LogP contribution in [0.2, 0.25) is 0 Å². The van der Waals surface area contributed by atoms with Crippen LogP contribution in [0.15, 0.2) is 24.3 Å². The monoisotopic (exact) mass is 246 g/mol. The second-order valence-electron chi connectivity index (χ2n) is 4.81. The summed E-state index contributed by atoms with van der Waals surface area (Å²) < 4.78 is 0. The van der Waals surface area contributed by atoms with Crippen LogP contribution in [-0.4, -0.2) is 25.0 Å². The third-order valence-electron chi connectivity index (χ3n) is 3.50. The van der Waals surface area contributed by atoms with E-state index in [1.54, 1.807) is 0 Å². The van der Waals surface area contributed by atoms with Crippen LogP contribution in [-0.2, 0) is 11.2 Å². The van der Waals surface area contributed by atoms with Gasteiger partial charge < -0.3 is 10.2 Å². The lowest BCUT2D eigenvalue weighted by molar-refractivity contribution is -0.118. The fourth-order valence-corrected chi connectivity index (χ4v) is 2.36. The van der Waals surface area contributed by atoms with Crippen molar-refractivity contribution in [3.63, 3.8) is 0 Å². The van der Waals surface area contributed by atoms with E-state index in [9.17, 15) is 4.79 Å². The van der Waals surface area contributed by atoms with Crippen molar-refractivity contribution < 1.29 is 4.79 Å². The number of carbonyl (C=O) groups excluding carboxylic acids is 1. The van der Waals surface area contributed by atoms with Gasteiger partial charge in [0.1, 0.15) is 0 Å². The van der Waals surface area contributed by atoms with Crippen LogP contribution in [0.5, 0.6) is 0 Å². The Balaban J connectivity index is 2.03. The zero-order valence-electron chi connectivity index (χ0n) is 11.3. The number of carbonyl (C=O) groups is 1. The summed E-state index contributed by atoms with van der Waals surface area (Å²) in [7, 11) is 0. The summed E-state index contributed by atoms with van der Waals surface area (Å²) in [5, 5.41) is 3.31. The van der Waals surface area contributed by atoms with E-state index in [0.29, 0.717) is 0 Å². The minimum absolute atomic E-state index is 0.0100. The molecule has 1 saturated heterocycles. The Labute approximate surface area is 109 Å². The lowest BCUT2D eigenvalue weighted by Gasteiger charge is -2.17. The van der Waals surface area contributed by atoms with Gasteiger partial charge in [0.15, 0.2) is 0 Å². The lowest BCUT2D eigenvalue weighted by atomic mass is 10.1. The van der Waals surface area contributed by atoms with Crippen molar-refractivity contribution in [1.29, 1.82) is 0 Å². The third-order valence-corrected chi connectivity index (χ3v) is 3.50. The van der Waals surface area contributed by atoms with Crippen molar-refractivity contribution in [2.24, 2.45) is 0 Å². The number of hydrogen-bond donors (Lipinski definition) is 1. The van der Waals surface area contributed by atoms with Crippen molar-refractivity contribution in [2.45, 2.75) is 39.2 Å². The van der Waals surface area contributed by atoms with E-state index in [1.807, 2.05) is 4.90 Å². The van der Waals surface area contributed by atoms with Crippen LogP contribution in [0, 0.1) is 0 Å². The highest BCUT2D eigenvalue weighted by Crippen LogP contribution is 2.22. The Morgan fingerprint density at radius 1 is 1.28 bits per heavy atom. The van der Waals surface area contributed by atoms with Crippen LogP contribution in [0.4, 0.5) is 5.69 Å². The predicted molar refractivity (Wildman–Crippen MR) is 74.9 cm³/mol. The van der Waals surface area contributed by atoms with Gasteiger partial charge in [0.25, 0.3) is 0 Å². The van der Waals surface area contributed by atoms with Crippen LogP contribution in [0.25, 0.3) is 0 Å². The number of hydrogen-bond acceptors (Lipinski definition) is 2. The van der Waals surface area contributed by atoms with Gasteiger partial charge in [0, 0.05) is 12.2 Å². The first-order valence-electron chi connectivity index (χ1n) is 6.90. The van der Waals surface area contributed by atoms with Gasteiger partial charge in [0.05, 0.1) is 6.04 Å². The fraction of sp³-hybridized carbons (Fsp3) is 0.533. The molecular weight excluding hydrogens is 224 g/mol. The summed E-state index contributed by atoms with van der Waals surface area (Å²) in [6, 6.07) is 8.33. The highest BCUT2D eigenvalue weighted by Gasteiger charge is 2.31. The average Bonchev–Trinajstić information content (AvgIpc) is 2.78. The van der Waals surface area contributed by atoms with Gasteiger partial charge in [0.2, 0.25) is 5.91 Å². The largest absolute Gasteiger partial charge is 0.311 e. The number of nitrogens with zero attached hydrogens (tertiary/aromatic N) is 1. The number of anilines is 1. The molecule has 0 saturated carbocycles. The molecule has 98 valence electrons. The van der Waals surface area contributed by atoms with E-state index in [1.165, 1.54) is 5.56 Å². The molecule has 0 aliphatic carbocycles. The molecule has 0 bridgehead atoms. The number of nitrogens with one attached hydrogen (secondary N) is 1. The van der Waals surface area contributed by atoms with E-state index in [-0.39, 0.29) is 11.9 Å². The molecule has 0 radical (unpaired) electrons. The summed E-state index contributed by atoms with van der Waals surface area (Å²) in [5.74, 6) is 0.215. The quantitative estimate of drug-likeness (QED) is 0.865. The number of rotatable bonds is 5. The molecule has 1 N–H and O–H groups in total. The Morgan fingerprint density at radius 3 is 2.61 bits per heavy atom. The Bertz CT molecular complexity index is 399. The van der Waals surface area contributed by atoms with E-state index >= 15 is 0 Å². The molecule has 1 atom stereocenters. The van der Waals surface area contributed by atoms with Gasteiger partial charge in [-0.1, -0.05) is 26.0 Å². The van der Waals surface area contributed by atoms with E-state index in [2.05, 4.69) is 43.4 Å². The zero-order valence-corrected chi connectivity index (χ0v) is 11.3. The standard InChI is InChI=1S/C15H22N2O/c1-3-10-16-14-9-11-17(15(14)18)13-7-5-12(4-2)6-8-13/h5-8,14,16H,3-4,9-11H2,1-2H3. The van der Waals surface area contributed by atoms with Gasteiger partial charge in [-0.25, -0.2) is 0 Å². The molecule has 1 aromatic carbocycles. The smallest absolute Gasteiger partial charge is 0.244 e. The lowest BCUT2D eigenvalue weighted by Crippen LogP contribution is -2.38. The first-order chi connectivity index (χ1) is 8.76. The van der Waals surface area contributed by atoms with Gasteiger partial charge in [-0.3, -0.25) is 4.79 Å². The second kappa shape index (κ2) is 6.01. The van der Waals surface area contributed by atoms with Crippen molar-refractivity contribution >= 4 is 11.6 Å². The first-order valence-corrected chi connectivity index (χ1v) is 6.90. The van der Waals surface area contributed by atoms with Crippen molar-refractivity contribution in [2.75, 3.05) is 18.0 Å².